The summed E-state index contributed by atoms with van der Waals surface area (Å²) in [6, 6.07) is 0. The number of nitrogens with two attached hydrogens (primary N) is 1. The maximum Gasteiger partial charge on any atom is 1.00 e. The second-order valence-corrected chi connectivity index (χ2v) is 0.789. The maximum absolute atomic E-state index is 5.03. The van der Waals surface area contributed by atoms with E-state index in [-0.39, 0.29) is 20.3 Å². The summed E-state index contributed by atoms with van der Waals surface area (Å²) in [6.45, 7) is 2.88. The molecule has 0 bridgehead atoms. The van der Waals surface area contributed by atoms with Gasteiger partial charge in [-0.15, -0.1) is 0 Å². The largest absolute Gasteiger partial charge is 1.00 e. The van der Waals surface area contributed by atoms with Crippen molar-refractivity contribution in [2.75, 3.05) is 6.54 Å². The molecule has 1 nitrogen and oxygen atoms in total. The third-order valence-corrected chi connectivity index (χ3v) is 0.289. The Balaban J connectivity index is -0.0000000450. The Labute approximate surface area is 46.6 Å². The van der Waals surface area contributed by atoms with Gasteiger partial charge in [-0.2, -0.15) is 0 Å². The smallest absolute Gasteiger partial charge is 1.00 e. The first-order valence-corrected chi connectivity index (χ1v) is 1.62. The van der Waals surface area contributed by atoms with E-state index in [1.807, 2.05) is 0 Å². The molecule has 0 rings (SSSR count). The van der Waals surface area contributed by atoms with Gasteiger partial charge in [0.15, 0.2) is 0 Å². The van der Waals surface area contributed by atoms with E-state index in [9.17, 15) is 0 Å². The molecule has 0 atom stereocenters. The molecule has 2 heteroatoms. The van der Waals surface area contributed by atoms with Crippen molar-refractivity contribution in [3.8, 4) is 0 Å². The van der Waals surface area contributed by atoms with Crippen LogP contribution in [-0.4, -0.2) is 6.54 Å². The average molecular weight is 67.1 g/mol. The van der Waals surface area contributed by atoms with Crippen LogP contribution < -0.4 is 24.6 Å². The van der Waals surface area contributed by atoms with E-state index in [0.717, 1.165) is 13.0 Å². The Morgan fingerprint density at radius 1 is 1.80 bits per heavy atom. The van der Waals surface area contributed by atoms with Crippen LogP contribution in [0.1, 0.15) is 14.8 Å². The summed E-state index contributed by atoms with van der Waals surface area (Å²) in [4.78, 5) is 0. The molecule has 0 spiro atoms. The molecule has 0 aliphatic carbocycles. The molecule has 0 saturated heterocycles. The predicted molar refractivity (Wildman–Crippen MR) is 20.5 cm³/mol. The van der Waals surface area contributed by atoms with Gasteiger partial charge in [0, 0.05) is 0 Å². The molecule has 0 aromatic carbocycles. The molecule has 2 N–H and O–H groups in total. The standard InChI is InChI=1S/C3H9N.Li.H/c1-2-3-4;;/h2-4H2,1H3;;/q;+1;-1. The zero-order chi connectivity index (χ0) is 3.41. The van der Waals surface area contributed by atoms with Gasteiger partial charge in [0.1, 0.15) is 0 Å². The minimum absolute atomic E-state index is 0. The van der Waals surface area contributed by atoms with Gasteiger partial charge >= 0.3 is 18.9 Å². The molecule has 0 aliphatic rings. The second-order valence-electron chi connectivity index (χ2n) is 0.789. The van der Waals surface area contributed by atoms with Crippen molar-refractivity contribution in [1.29, 1.82) is 0 Å². The van der Waals surface area contributed by atoms with Crippen LogP contribution in [0.25, 0.3) is 0 Å². The van der Waals surface area contributed by atoms with E-state index < -0.39 is 0 Å². The normalized spacial score (nSPS) is 6.00. The maximum atomic E-state index is 5.03. The van der Waals surface area contributed by atoms with Crippen molar-refractivity contribution < 1.29 is 20.3 Å². The van der Waals surface area contributed by atoms with Crippen LogP contribution in [0.5, 0.6) is 0 Å². The molecule has 0 fully saturated rings. The fourth-order valence-corrected chi connectivity index (χ4v) is 0. The molecule has 0 saturated carbocycles. The van der Waals surface area contributed by atoms with Crippen molar-refractivity contribution in [1.82, 2.24) is 0 Å². The van der Waals surface area contributed by atoms with E-state index in [1.165, 1.54) is 0 Å². The Hall–Kier alpha value is 0.557. The van der Waals surface area contributed by atoms with Gasteiger partial charge in [0.2, 0.25) is 0 Å². The van der Waals surface area contributed by atoms with E-state index in [1.54, 1.807) is 0 Å². The monoisotopic (exact) mass is 67.1 g/mol. The summed E-state index contributed by atoms with van der Waals surface area (Å²) in [7, 11) is 0. The van der Waals surface area contributed by atoms with Crippen LogP contribution in [-0.2, 0) is 0 Å². The van der Waals surface area contributed by atoms with Crippen LogP contribution in [0.3, 0.4) is 0 Å². The van der Waals surface area contributed by atoms with Crippen LogP contribution in [0, 0.1) is 0 Å². The van der Waals surface area contributed by atoms with Gasteiger partial charge in [0.25, 0.3) is 0 Å². The number of hydrogen-bond donors (Lipinski definition) is 1. The zero-order valence-corrected chi connectivity index (χ0v) is 3.99. The van der Waals surface area contributed by atoms with E-state index in [0.29, 0.717) is 0 Å². The van der Waals surface area contributed by atoms with Gasteiger partial charge in [0.05, 0.1) is 0 Å². The Morgan fingerprint density at radius 2 is 2.00 bits per heavy atom. The minimum atomic E-state index is 0. The molecule has 0 unspecified atom stereocenters. The van der Waals surface area contributed by atoms with Crippen LogP contribution in [0.4, 0.5) is 0 Å². The van der Waals surface area contributed by atoms with Gasteiger partial charge in [-0.3, -0.25) is 0 Å². The molecule has 0 aromatic rings. The third kappa shape index (κ3) is 12.3. The van der Waals surface area contributed by atoms with Crippen molar-refractivity contribution in [2.24, 2.45) is 5.73 Å². The minimum Gasteiger partial charge on any atom is -1.00 e. The molecule has 28 valence electrons. The fourth-order valence-electron chi connectivity index (χ4n) is 0. The molecule has 0 aromatic heterocycles. The summed E-state index contributed by atoms with van der Waals surface area (Å²) in [6.07, 6.45) is 1.10. The average Bonchev–Trinajstić information content (AvgIpc) is 1.37. The molecule has 0 aliphatic heterocycles. The zero-order valence-electron chi connectivity index (χ0n) is 4.99. The van der Waals surface area contributed by atoms with Crippen molar-refractivity contribution in [3.05, 3.63) is 0 Å². The molecule has 5 heavy (non-hydrogen) atoms. The van der Waals surface area contributed by atoms with Gasteiger partial charge in [-0.25, -0.2) is 0 Å². The summed E-state index contributed by atoms with van der Waals surface area (Å²) in [5.74, 6) is 0. The Morgan fingerprint density at radius 3 is 2.00 bits per heavy atom. The molecule has 0 amide bonds. The van der Waals surface area contributed by atoms with Crippen molar-refractivity contribution in [3.63, 3.8) is 0 Å². The van der Waals surface area contributed by atoms with Crippen LogP contribution in [0.2, 0.25) is 0 Å². The summed E-state index contributed by atoms with van der Waals surface area (Å²) >= 11 is 0. The van der Waals surface area contributed by atoms with Gasteiger partial charge in [-0.1, -0.05) is 6.92 Å². The number of rotatable bonds is 1. The molecule has 0 heterocycles. The second kappa shape index (κ2) is 8.82. The summed E-state index contributed by atoms with van der Waals surface area (Å²) < 4.78 is 0. The first kappa shape index (κ1) is 9.12. The quantitative estimate of drug-likeness (QED) is 0.336. The van der Waals surface area contributed by atoms with Gasteiger partial charge in [-0.05, 0) is 13.0 Å². The SMILES string of the molecule is CCCN.[H-].[Li+]. The summed E-state index contributed by atoms with van der Waals surface area (Å²) in [5.41, 5.74) is 5.03. The molecular formula is C3H10LiN. The molecule has 0 radical (unpaired) electrons. The topological polar surface area (TPSA) is 26.0 Å². The fraction of sp³-hybridized carbons (Fsp3) is 1.00. The number of hydrogen-bond acceptors (Lipinski definition) is 1. The first-order chi connectivity index (χ1) is 1.91. The van der Waals surface area contributed by atoms with Crippen LogP contribution >= 0.6 is 0 Å². The first-order valence-electron chi connectivity index (χ1n) is 1.62. The van der Waals surface area contributed by atoms with E-state index in [4.69, 9.17) is 5.73 Å². The van der Waals surface area contributed by atoms with Crippen LogP contribution in [0.15, 0.2) is 0 Å². The Kier molecular flexibility index (Phi) is 16.1. The van der Waals surface area contributed by atoms with Gasteiger partial charge < -0.3 is 7.16 Å². The van der Waals surface area contributed by atoms with Crippen molar-refractivity contribution >= 4 is 0 Å². The Bertz CT molecular complexity index is 12.8. The molecular weight excluding hydrogens is 57.0 g/mol. The van der Waals surface area contributed by atoms with Crippen molar-refractivity contribution in [2.45, 2.75) is 13.3 Å². The van der Waals surface area contributed by atoms with E-state index in [2.05, 4.69) is 6.92 Å². The van der Waals surface area contributed by atoms with E-state index >= 15 is 0 Å². The predicted octanol–water partition coefficient (Wildman–Crippen LogP) is -2.53. The third-order valence-electron chi connectivity index (χ3n) is 0.289. The summed E-state index contributed by atoms with van der Waals surface area (Å²) in [5, 5.41) is 0.